The lowest BCUT2D eigenvalue weighted by molar-refractivity contribution is 0.0342. The molecule has 1 aromatic heterocycles. The van der Waals surface area contributed by atoms with Crippen molar-refractivity contribution in [3.8, 4) is 0 Å². The zero-order chi connectivity index (χ0) is 20.5. The van der Waals surface area contributed by atoms with Gasteiger partial charge in [0.2, 0.25) is 0 Å². The minimum absolute atomic E-state index is 0.0807. The summed E-state index contributed by atoms with van der Waals surface area (Å²) in [4.78, 5) is 27.4. The van der Waals surface area contributed by atoms with Gasteiger partial charge in [0.15, 0.2) is 0 Å². The minimum Gasteiger partial charge on any atom is -0.464 e. The number of carbonyl (C=O) groups is 2. The van der Waals surface area contributed by atoms with Gasteiger partial charge >= 0.3 is 12.1 Å². The van der Waals surface area contributed by atoms with Crippen molar-refractivity contribution >= 4 is 34.6 Å². The predicted molar refractivity (Wildman–Crippen MR) is 106 cm³/mol. The van der Waals surface area contributed by atoms with Crippen LogP contribution in [0.5, 0.6) is 0 Å². The molecular formula is C20H25ClN2O5. The van der Waals surface area contributed by atoms with E-state index < -0.39 is 17.7 Å². The fourth-order valence-corrected chi connectivity index (χ4v) is 3.48. The summed E-state index contributed by atoms with van der Waals surface area (Å²) in [5.41, 5.74) is 0.831. The first-order valence-electron chi connectivity index (χ1n) is 9.15. The second-order valence-corrected chi connectivity index (χ2v) is 8.14. The summed E-state index contributed by atoms with van der Waals surface area (Å²) < 4.78 is 17.0. The lowest BCUT2D eigenvalue weighted by Gasteiger charge is -2.26. The van der Waals surface area contributed by atoms with Crippen molar-refractivity contribution < 1.29 is 23.8 Å². The Morgan fingerprint density at radius 3 is 2.46 bits per heavy atom. The van der Waals surface area contributed by atoms with Crippen molar-refractivity contribution in [2.24, 2.45) is 0 Å². The van der Waals surface area contributed by atoms with Gasteiger partial charge in [0.1, 0.15) is 11.3 Å². The van der Waals surface area contributed by atoms with E-state index in [0.717, 1.165) is 18.7 Å². The average molecular weight is 409 g/mol. The van der Waals surface area contributed by atoms with Gasteiger partial charge in [0.05, 0.1) is 30.9 Å². The van der Waals surface area contributed by atoms with E-state index in [1.807, 2.05) is 12.1 Å². The van der Waals surface area contributed by atoms with Crippen LogP contribution in [-0.4, -0.2) is 60.5 Å². The molecule has 3 rings (SSSR count). The van der Waals surface area contributed by atoms with Gasteiger partial charge in [0.25, 0.3) is 0 Å². The molecule has 0 spiro atoms. The summed E-state index contributed by atoms with van der Waals surface area (Å²) in [5.74, 6) is -0.632. The molecule has 0 bridgehead atoms. The number of aromatic nitrogens is 1. The van der Waals surface area contributed by atoms with Gasteiger partial charge in [-0.05, 0) is 44.5 Å². The first-order valence-corrected chi connectivity index (χ1v) is 9.53. The quantitative estimate of drug-likeness (QED) is 0.721. The lowest BCUT2D eigenvalue weighted by atomic mass is 10.1. The molecule has 1 fully saturated rings. The summed E-state index contributed by atoms with van der Waals surface area (Å²) >= 11 is 6.49. The average Bonchev–Trinajstić information content (AvgIpc) is 3.00. The second kappa shape index (κ2) is 8.11. The van der Waals surface area contributed by atoms with Gasteiger partial charge in [0, 0.05) is 25.0 Å². The summed E-state index contributed by atoms with van der Waals surface area (Å²) in [6.07, 6.45) is -0.650. The Morgan fingerprint density at radius 1 is 1.18 bits per heavy atom. The normalized spacial score (nSPS) is 15.6. The number of nitrogens with zero attached hydrogens (tertiary/aromatic N) is 2. The van der Waals surface area contributed by atoms with Gasteiger partial charge in [-0.1, -0.05) is 11.6 Å². The Bertz CT molecular complexity index is 894. The monoisotopic (exact) mass is 408 g/mol. The number of carbonyl (C=O) groups excluding carboxylic acids is 2. The van der Waals surface area contributed by atoms with Gasteiger partial charge in [-0.25, -0.2) is 14.2 Å². The number of ether oxygens (including phenoxy) is 3. The van der Waals surface area contributed by atoms with Crippen molar-refractivity contribution in [1.29, 1.82) is 0 Å². The molecule has 152 valence electrons. The fraction of sp³-hybridized carbons (Fsp3) is 0.500. The molecule has 0 unspecified atom stereocenters. The summed E-state index contributed by atoms with van der Waals surface area (Å²) in [5, 5.41) is 1.06. The van der Waals surface area contributed by atoms with Crippen LogP contribution < -0.4 is 0 Å². The van der Waals surface area contributed by atoms with Crippen LogP contribution in [0.25, 0.3) is 10.9 Å². The van der Waals surface area contributed by atoms with E-state index in [4.69, 9.17) is 25.8 Å². The number of hydrogen-bond acceptors (Lipinski definition) is 6. The molecule has 7 nitrogen and oxygen atoms in total. The fourth-order valence-electron chi connectivity index (χ4n) is 3.18. The molecule has 2 aromatic rings. The SMILES string of the molecule is COC(=O)c1cc2c(Cl)cc(CN3CCOCC3)cc2n1C(=O)OC(C)(C)C. The third-order valence-electron chi connectivity index (χ3n) is 4.41. The molecule has 0 atom stereocenters. The van der Waals surface area contributed by atoms with Crippen LogP contribution in [0.2, 0.25) is 5.02 Å². The van der Waals surface area contributed by atoms with Crippen molar-refractivity contribution in [3.63, 3.8) is 0 Å². The lowest BCUT2D eigenvalue weighted by Crippen LogP contribution is -2.35. The number of benzene rings is 1. The van der Waals surface area contributed by atoms with Gasteiger partial charge < -0.3 is 14.2 Å². The Morgan fingerprint density at radius 2 is 1.86 bits per heavy atom. The van der Waals surface area contributed by atoms with E-state index in [1.165, 1.54) is 11.7 Å². The first-order chi connectivity index (χ1) is 13.2. The smallest absolute Gasteiger partial charge is 0.419 e. The van der Waals surface area contributed by atoms with Crippen LogP contribution in [0.1, 0.15) is 36.8 Å². The Hall–Kier alpha value is -2.09. The maximum absolute atomic E-state index is 12.9. The Labute approximate surface area is 169 Å². The third-order valence-corrected chi connectivity index (χ3v) is 4.72. The van der Waals surface area contributed by atoms with Crippen LogP contribution in [0, 0.1) is 0 Å². The topological polar surface area (TPSA) is 70.0 Å². The minimum atomic E-state index is -0.712. The van der Waals surface area contributed by atoms with Crippen LogP contribution in [0.3, 0.4) is 0 Å². The Kier molecular flexibility index (Phi) is 5.98. The maximum atomic E-state index is 12.9. The van der Waals surface area contributed by atoms with Crippen LogP contribution in [0.15, 0.2) is 18.2 Å². The van der Waals surface area contributed by atoms with Crippen molar-refractivity contribution in [2.75, 3.05) is 33.4 Å². The van der Waals surface area contributed by atoms with E-state index in [9.17, 15) is 9.59 Å². The predicted octanol–water partition coefficient (Wildman–Crippen LogP) is 3.70. The number of methoxy groups -OCH3 is 1. The zero-order valence-electron chi connectivity index (χ0n) is 16.6. The third kappa shape index (κ3) is 4.48. The van der Waals surface area contributed by atoms with E-state index >= 15 is 0 Å². The summed E-state index contributed by atoms with van der Waals surface area (Å²) in [6.45, 7) is 9.02. The van der Waals surface area contributed by atoms with E-state index in [0.29, 0.717) is 35.7 Å². The Balaban J connectivity index is 2.08. The molecule has 0 aliphatic carbocycles. The molecule has 0 amide bonds. The van der Waals surface area contributed by atoms with E-state index in [2.05, 4.69) is 4.90 Å². The molecule has 0 N–H and O–H groups in total. The van der Waals surface area contributed by atoms with Crippen LogP contribution in [-0.2, 0) is 20.8 Å². The second-order valence-electron chi connectivity index (χ2n) is 7.74. The van der Waals surface area contributed by atoms with Crippen molar-refractivity contribution in [1.82, 2.24) is 9.47 Å². The van der Waals surface area contributed by atoms with Crippen molar-refractivity contribution in [3.05, 3.63) is 34.5 Å². The highest BCUT2D eigenvalue weighted by molar-refractivity contribution is 6.36. The summed E-state index contributed by atoms with van der Waals surface area (Å²) in [7, 11) is 1.27. The van der Waals surface area contributed by atoms with E-state index in [1.54, 1.807) is 26.8 Å². The molecule has 1 saturated heterocycles. The number of morpholine rings is 1. The number of esters is 1. The first kappa shape index (κ1) is 20.6. The van der Waals surface area contributed by atoms with Crippen LogP contribution in [0.4, 0.5) is 4.79 Å². The highest BCUT2D eigenvalue weighted by atomic mass is 35.5. The van der Waals surface area contributed by atoms with Crippen LogP contribution >= 0.6 is 11.6 Å². The molecule has 0 saturated carbocycles. The molecule has 0 radical (unpaired) electrons. The van der Waals surface area contributed by atoms with Gasteiger partial charge in [-0.3, -0.25) is 4.90 Å². The summed E-state index contributed by atoms with van der Waals surface area (Å²) in [6, 6.07) is 5.29. The largest absolute Gasteiger partial charge is 0.464 e. The molecule has 1 aliphatic rings. The maximum Gasteiger partial charge on any atom is 0.419 e. The number of halogens is 1. The molecule has 28 heavy (non-hydrogen) atoms. The number of rotatable bonds is 3. The molecule has 8 heteroatoms. The molecular weight excluding hydrogens is 384 g/mol. The number of fused-ring (bicyclic) bond motifs is 1. The molecule has 1 aromatic carbocycles. The van der Waals surface area contributed by atoms with Crippen molar-refractivity contribution in [2.45, 2.75) is 32.9 Å². The zero-order valence-corrected chi connectivity index (χ0v) is 17.3. The highest BCUT2D eigenvalue weighted by Gasteiger charge is 2.27. The molecule has 1 aliphatic heterocycles. The molecule has 2 heterocycles. The number of hydrogen-bond donors (Lipinski definition) is 0. The standard InChI is InChI=1S/C20H25ClN2O5/c1-20(2,3)28-19(25)23-16-10-13(12-22-5-7-27-8-6-22)9-15(21)14(16)11-17(23)18(24)26-4/h9-11H,5-8,12H2,1-4H3. The van der Waals surface area contributed by atoms with E-state index in [-0.39, 0.29) is 5.69 Å². The highest BCUT2D eigenvalue weighted by Crippen LogP contribution is 2.30. The van der Waals surface area contributed by atoms with Gasteiger partial charge in [-0.15, -0.1) is 0 Å². The van der Waals surface area contributed by atoms with Gasteiger partial charge in [-0.2, -0.15) is 0 Å².